The molecule has 0 aromatic heterocycles. The summed E-state index contributed by atoms with van der Waals surface area (Å²) in [6.45, 7) is 4.61. The zero-order valence-corrected chi connectivity index (χ0v) is 17.0. The lowest BCUT2D eigenvalue weighted by Gasteiger charge is -2.32. The number of hydrogen-bond acceptors (Lipinski definition) is 5. The summed E-state index contributed by atoms with van der Waals surface area (Å²) in [4.78, 5) is 26.5. The Hall–Kier alpha value is -2.86. The van der Waals surface area contributed by atoms with E-state index in [1.54, 1.807) is 18.2 Å². The number of esters is 1. The first kappa shape index (κ1) is 20.9. The van der Waals surface area contributed by atoms with Crippen LogP contribution < -0.4 is 10.1 Å². The highest BCUT2D eigenvalue weighted by Gasteiger charge is 2.22. The maximum atomic E-state index is 12.6. The van der Waals surface area contributed by atoms with Crippen molar-refractivity contribution in [3.05, 3.63) is 59.7 Å². The van der Waals surface area contributed by atoms with E-state index < -0.39 is 5.97 Å². The fourth-order valence-corrected chi connectivity index (χ4v) is 3.56. The molecule has 0 saturated carbocycles. The van der Waals surface area contributed by atoms with Crippen LogP contribution in [0.3, 0.4) is 0 Å². The number of hydrogen-bond donors (Lipinski definition) is 1. The summed E-state index contributed by atoms with van der Waals surface area (Å²) < 4.78 is 10.6. The van der Waals surface area contributed by atoms with Crippen molar-refractivity contribution in [1.29, 1.82) is 0 Å². The molecule has 0 spiro atoms. The van der Waals surface area contributed by atoms with Crippen LogP contribution in [0.25, 0.3) is 0 Å². The molecule has 2 aromatic rings. The molecule has 1 saturated heterocycles. The van der Waals surface area contributed by atoms with Gasteiger partial charge in [-0.05, 0) is 56.1 Å². The molecule has 1 aliphatic heterocycles. The summed E-state index contributed by atoms with van der Waals surface area (Å²) in [6.07, 6.45) is 2.15. The Morgan fingerprint density at radius 2 is 1.97 bits per heavy atom. The van der Waals surface area contributed by atoms with Crippen LogP contribution in [0.15, 0.2) is 48.5 Å². The van der Waals surface area contributed by atoms with Gasteiger partial charge < -0.3 is 14.8 Å². The molecule has 1 amide bonds. The van der Waals surface area contributed by atoms with Gasteiger partial charge in [-0.1, -0.05) is 24.3 Å². The predicted octanol–water partition coefficient (Wildman–Crippen LogP) is 3.51. The third kappa shape index (κ3) is 6.06. The van der Waals surface area contributed by atoms with Gasteiger partial charge in [-0.15, -0.1) is 0 Å². The number of aryl methyl sites for hydroxylation is 1. The second-order valence-corrected chi connectivity index (χ2v) is 7.44. The van der Waals surface area contributed by atoms with Gasteiger partial charge in [0, 0.05) is 18.2 Å². The Balaban J connectivity index is 1.52. The van der Waals surface area contributed by atoms with E-state index in [2.05, 4.69) is 10.2 Å². The standard InChI is InChI=1S/C23H28N2O4/c1-17-10-11-19(23(27)28-2)13-21(17)24-22(26)15-25-12-6-7-18(14-25)16-29-20-8-4-3-5-9-20/h3-5,8-11,13,18H,6-7,12,14-16H2,1-2H3,(H,24,26). The number of rotatable bonds is 7. The van der Waals surface area contributed by atoms with Crippen molar-refractivity contribution < 1.29 is 19.1 Å². The number of methoxy groups -OCH3 is 1. The number of carbonyl (C=O) groups excluding carboxylic acids is 2. The van der Waals surface area contributed by atoms with E-state index >= 15 is 0 Å². The molecule has 154 valence electrons. The summed E-state index contributed by atoms with van der Waals surface area (Å²) in [5, 5.41) is 2.93. The van der Waals surface area contributed by atoms with E-state index in [1.807, 2.05) is 37.3 Å². The van der Waals surface area contributed by atoms with Crippen LogP contribution in [0.1, 0.15) is 28.8 Å². The van der Waals surface area contributed by atoms with Crippen LogP contribution in [0.4, 0.5) is 5.69 Å². The Morgan fingerprint density at radius 1 is 1.17 bits per heavy atom. The van der Waals surface area contributed by atoms with E-state index in [-0.39, 0.29) is 5.91 Å². The minimum Gasteiger partial charge on any atom is -0.493 e. The lowest BCUT2D eigenvalue weighted by atomic mass is 9.99. The fraction of sp³-hybridized carbons (Fsp3) is 0.391. The van der Waals surface area contributed by atoms with E-state index in [9.17, 15) is 9.59 Å². The SMILES string of the molecule is COC(=O)c1ccc(C)c(NC(=O)CN2CCCC(COc3ccccc3)C2)c1. The molecule has 1 fully saturated rings. The monoisotopic (exact) mass is 396 g/mol. The third-order valence-corrected chi connectivity index (χ3v) is 5.13. The van der Waals surface area contributed by atoms with E-state index in [0.29, 0.717) is 30.3 Å². The van der Waals surface area contributed by atoms with Crippen molar-refractivity contribution in [2.24, 2.45) is 5.92 Å². The number of likely N-dealkylation sites (tertiary alicyclic amines) is 1. The van der Waals surface area contributed by atoms with Gasteiger partial charge in [0.25, 0.3) is 0 Å². The molecular formula is C23H28N2O4. The van der Waals surface area contributed by atoms with Crippen LogP contribution in [0, 0.1) is 12.8 Å². The summed E-state index contributed by atoms with van der Waals surface area (Å²) in [6, 6.07) is 15.0. The van der Waals surface area contributed by atoms with Crippen molar-refractivity contribution >= 4 is 17.6 Å². The Bertz CT molecular complexity index is 838. The minimum absolute atomic E-state index is 0.0836. The van der Waals surface area contributed by atoms with Crippen LogP contribution >= 0.6 is 0 Å². The number of anilines is 1. The fourth-order valence-electron chi connectivity index (χ4n) is 3.56. The number of ether oxygens (including phenoxy) is 2. The third-order valence-electron chi connectivity index (χ3n) is 5.13. The highest BCUT2D eigenvalue weighted by atomic mass is 16.5. The normalized spacial score (nSPS) is 16.8. The first-order valence-electron chi connectivity index (χ1n) is 9.94. The molecule has 2 aromatic carbocycles. The highest BCUT2D eigenvalue weighted by molar-refractivity contribution is 5.96. The summed E-state index contributed by atoms with van der Waals surface area (Å²) in [5.74, 6) is 0.780. The summed E-state index contributed by atoms with van der Waals surface area (Å²) in [5.41, 5.74) is 1.96. The van der Waals surface area contributed by atoms with E-state index in [4.69, 9.17) is 9.47 Å². The lowest BCUT2D eigenvalue weighted by molar-refractivity contribution is -0.117. The van der Waals surface area contributed by atoms with Gasteiger partial charge in [-0.25, -0.2) is 4.79 Å². The van der Waals surface area contributed by atoms with Crippen molar-refractivity contribution in [1.82, 2.24) is 4.90 Å². The van der Waals surface area contributed by atoms with Gasteiger partial charge in [0.2, 0.25) is 5.91 Å². The average molecular weight is 396 g/mol. The molecule has 0 bridgehead atoms. The highest BCUT2D eigenvalue weighted by Crippen LogP contribution is 2.20. The summed E-state index contributed by atoms with van der Waals surface area (Å²) in [7, 11) is 1.34. The van der Waals surface area contributed by atoms with Gasteiger partial charge in [0.15, 0.2) is 0 Å². The van der Waals surface area contributed by atoms with Gasteiger partial charge in [0.05, 0.1) is 25.8 Å². The number of para-hydroxylation sites is 1. The van der Waals surface area contributed by atoms with Crippen LogP contribution in [0.5, 0.6) is 5.75 Å². The molecule has 1 unspecified atom stereocenters. The minimum atomic E-state index is -0.419. The van der Waals surface area contributed by atoms with Crippen LogP contribution in [-0.4, -0.2) is 50.1 Å². The molecule has 6 nitrogen and oxygen atoms in total. The molecule has 1 heterocycles. The maximum Gasteiger partial charge on any atom is 0.337 e. The van der Waals surface area contributed by atoms with Gasteiger partial charge >= 0.3 is 5.97 Å². The van der Waals surface area contributed by atoms with Gasteiger partial charge in [-0.2, -0.15) is 0 Å². The molecule has 6 heteroatoms. The predicted molar refractivity (Wildman–Crippen MR) is 112 cm³/mol. The number of benzene rings is 2. The Morgan fingerprint density at radius 3 is 2.72 bits per heavy atom. The Kier molecular flexibility index (Phi) is 7.25. The number of amides is 1. The van der Waals surface area contributed by atoms with Crippen molar-refractivity contribution in [3.8, 4) is 5.75 Å². The molecule has 0 radical (unpaired) electrons. The Labute approximate surface area is 171 Å². The lowest BCUT2D eigenvalue weighted by Crippen LogP contribution is -2.42. The smallest absolute Gasteiger partial charge is 0.337 e. The van der Waals surface area contributed by atoms with E-state index in [1.165, 1.54) is 7.11 Å². The molecule has 29 heavy (non-hydrogen) atoms. The largest absolute Gasteiger partial charge is 0.493 e. The second kappa shape index (κ2) is 10.1. The van der Waals surface area contributed by atoms with Gasteiger partial charge in [-0.3, -0.25) is 9.69 Å². The quantitative estimate of drug-likeness (QED) is 0.726. The van der Waals surface area contributed by atoms with Crippen molar-refractivity contribution in [2.75, 3.05) is 38.7 Å². The van der Waals surface area contributed by atoms with Crippen molar-refractivity contribution in [3.63, 3.8) is 0 Å². The molecule has 3 rings (SSSR count). The van der Waals surface area contributed by atoms with E-state index in [0.717, 1.165) is 37.2 Å². The first-order valence-corrected chi connectivity index (χ1v) is 9.94. The zero-order chi connectivity index (χ0) is 20.6. The first-order chi connectivity index (χ1) is 14.0. The molecule has 1 aliphatic rings. The van der Waals surface area contributed by atoms with Crippen LogP contribution in [-0.2, 0) is 9.53 Å². The molecule has 0 aliphatic carbocycles. The number of nitrogens with one attached hydrogen (secondary N) is 1. The van der Waals surface area contributed by atoms with Crippen LogP contribution in [0.2, 0.25) is 0 Å². The van der Waals surface area contributed by atoms with Gasteiger partial charge in [0.1, 0.15) is 5.75 Å². The number of nitrogens with zero attached hydrogens (tertiary/aromatic N) is 1. The molecular weight excluding hydrogens is 368 g/mol. The molecule has 1 N–H and O–H groups in total. The second-order valence-electron chi connectivity index (χ2n) is 7.44. The average Bonchev–Trinajstić information content (AvgIpc) is 2.74. The zero-order valence-electron chi connectivity index (χ0n) is 17.0. The summed E-state index contributed by atoms with van der Waals surface area (Å²) >= 11 is 0. The number of carbonyl (C=O) groups is 2. The van der Waals surface area contributed by atoms with Crippen molar-refractivity contribution in [2.45, 2.75) is 19.8 Å². The topological polar surface area (TPSA) is 67.9 Å². The molecule has 1 atom stereocenters. The number of piperidine rings is 1. The maximum absolute atomic E-state index is 12.6.